The molecule has 0 atom stereocenters. The number of nitro groups is 1. The van der Waals surface area contributed by atoms with E-state index in [1.807, 2.05) is 0 Å². The lowest BCUT2D eigenvalue weighted by atomic mass is 10.1. The molecule has 1 aromatic rings. The molecule has 1 rings (SSSR count). The lowest BCUT2D eigenvalue weighted by Crippen LogP contribution is -2.17. The van der Waals surface area contributed by atoms with Gasteiger partial charge in [-0.05, 0) is 22.4 Å². The second-order valence-electron chi connectivity index (χ2n) is 2.98. The van der Waals surface area contributed by atoms with Gasteiger partial charge in [0.15, 0.2) is 0 Å². The lowest BCUT2D eigenvalue weighted by molar-refractivity contribution is -0.389. The molecule has 0 aliphatic heterocycles. The number of carbonyl (C=O) groups is 1. The van der Waals surface area contributed by atoms with Gasteiger partial charge in [-0.3, -0.25) is 4.79 Å². The third-order valence-corrected chi connectivity index (χ3v) is 1.87. The Labute approximate surface area is 88.2 Å². The van der Waals surface area contributed by atoms with Crippen molar-refractivity contribution in [3.63, 3.8) is 0 Å². The van der Waals surface area contributed by atoms with Gasteiger partial charge in [-0.1, -0.05) is 0 Å². The average Bonchev–Trinajstić information content (AvgIpc) is 2.15. The molecule has 0 saturated carbocycles. The predicted octanol–water partition coefficient (Wildman–Crippen LogP) is 1.33. The smallest absolute Gasteiger partial charge is 0.364 e. The minimum atomic E-state index is -3.10. The van der Waals surface area contributed by atoms with Crippen molar-refractivity contribution in [2.75, 3.05) is 0 Å². The van der Waals surface area contributed by atoms with Crippen LogP contribution in [0, 0.1) is 17.0 Å². The summed E-state index contributed by atoms with van der Waals surface area (Å²) in [7, 11) is 0. The first kappa shape index (κ1) is 12.0. The van der Waals surface area contributed by atoms with Crippen LogP contribution in [-0.4, -0.2) is 15.8 Å². The number of hydrogen-bond donors (Lipinski definition) is 1. The number of alkyl halides is 2. The molecule has 8 heteroatoms. The summed E-state index contributed by atoms with van der Waals surface area (Å²) in [4.78, 5) is 23.5. The van der Waals surface area contributed by atoms with E-state index in [0.29, 0.717) is 0 Å². The summed E-state index contributed by atoms with van der Waals surface area (Å²) in [6.45, 7) is 1.28. The van der Waals surface area contributed by atoms with Crippen LogP contribution in [0.4, 0.5) is 14.6 Å². The highest BCUT2D eigenvalue weighted by molar-refractivity contribution is 5.95. The quantitative estimate of drug-likeness (QED) is 0.626. The maximum atomic E-state index is 12.5. The maximum absolute atomic E-state index is 12.5. The average molecular weight is 231 g/mol. The zero-order valence-electron chi connectivity index (χ0n) is 8.11. The Morgan fingerprint density at radius 3 is 2.56 bits per heavy atom. The van der Waals surface area contributed by atoms with Gasteiger partial charge >= 0.3 is 12.2 Å². The molecule has 86 valence electrons. The molecule has 0 aromatic carbocycles. The number of rotatable bonds is 3. The molecule has 0 saturated heterocycles. The third kappa shape index (κ3) is 2.10. The Balaban J connectivity index is 3.51. The van der Waals surface area contributed by atoms with Gasteiger partial charge in [0.25, 0.3) is 5.91 Å². The number of primary amides is 1. The van der Waals surface area contributed by atoms with E-state index < -0.39 is 34.3 Å². The van der Waals surface area contributed by atoms with E-state index in [0.717, 1.165) is 6.07 Å². The number of pyridine rings is 1. The van der Waals surface area contributed by atoms with Crippen molar-refractivity contribution in [3.05, 3.63) is 33.0 Å². The Kier molecular flexibility index (Phi) is 3.11. The van der Waals surface area contributed by atoms with Gasteiger partial charge in [0.2, 0.25) is 5.69 Å². The van der Waals surface area contributed by atoms with E-state index in [4.69, 9.17) is 5.73 Å². The van der Waals surface area contributed by atoms with Gasteiger partial charge in [0.1, 0.15) is 0 Å². The summed E-state index contributed by atoms with van der Waals surface area (Å²) >= 11 is 0. The van der Waals surface area contributed by atoms with E-state index in [2.05, 4.69) is 4.98 Å². The number of nitrogens with zero attached hydrogens (tertiary/aromatic N) is 2. The molecule has 0 aliphatic carbocycles. The van der Waals surface area contributed by atoms with Crippen LogP contribution in [0.15, 0.2) is 6.07 Å². The largest absolute Gasteiger partial charge is 0.365 e. The molecule has 0 spiro atoms. The fraction of sp³-hybridized carbons (Fsp3) is 0.250. The van der Waals surface area contributed by atoms with Gasteiger partial charge in [-0.2, -0.15) is 0 Å². The first-order valence-corrected chi connectivity index (χ1v) is 4.08. The highest BCUT2D eigenvalue weighted by Crippen LogP contribution is 2.26. The normalized spacial score (nSPS) is 10.5. The molecule has 16 heavy (non-hydrogen) atoms. The summed E-state index contributed by atoms with van der Waals surface area (Å²) < 4.78 is 25.0. The number of halogens is 2. The van der Waals surface area contributed by atoms with Crippen LogP contribution in [0.3, 0.4) is 0 Å². The van der Waals surface area contributed by atoms with Gasteiger partial charge in [-0.15, -0.1) is 0 Å². The van der Waals surface area contributed by atoms with Crippen molar-refractivity contribution >= 4 is 11.7 Å². The van der Waals surface area contributed by atoms with Gasteiger partial charge in [-0.25, -0.2) is 8.78 Å². The first-order chi connectivity index (χ1) is 7.34. The fourth-order valence-corrected chi connectivity index (χ4v) is 1.25. The maximum Gasteiger partial charge on any atom is 0.364 e. The van der Waals surface area contributed by atoms with Crippen LogP contribution in [0.1, 0.15) is 28.0 Å². The molecular formula is C8H7F2N3O3. The molecule has 2 N–H and O–H groups in total. The molecule has 1 heterocycles. The molecule has 0 fully saturated rings. The highest BCUT2D eigenvalue weighted by atomic mass is 19.3. The SMILES string of the molecule is Cc1cc([N+](=O)[O-])nc(C(F)F)c1C(N)=O. The molecule has 1 amide bonds. The van der Waals surface area contributed by atoms with Gasteiger partial charge in [0, 0.05) is 6.07 Å². The van der Waals surface area contributed by atoms with Crippen molar-refractivity contribution in [1.82, 2.24) is 4.98 Å². The van der Waals surface area contributed by atoms with Gasteiger partial charge < -0.3 is 15.8 Å². The van der Waals surface area contributed by atoms with Crippen LogP contribution in [0.2, 0.25) is 0 Å². The molecule has 0 aliphatic rings. The molecule has 0 radical (unpaired) electrons. The van der Waals surface area contributed by atoms with Crippen LogP contribution in [0.5, 0.6) is 0 Å². The van der Waals surface area contributed by atoms with Crippen LogP contribution in [0.25, 0.3) is 0 Å². The summed E-state index contributed by atoms with van der Waals surface area (Å²) in [6, 6.07) is 0.923. The van der Waals surface area contributed by atoms with Crippen molar-refractivity contribution in [3.8, 4) is 0 Å². The number of aryl methyl sites for hydroxylation is 1. The fourth-order valence-electron chi connectivity index (χ4n) is 1.25. The number of hydrogen-bond acceptors (Lipinski definition) is 4. The molecular weight excluding hydrogens is 224 g/mol. The van der Waals surface area contributed by atoms with E-state index >= 15 is 0 Å². The third-order valence-electron chi connectivity index (χ3n) is 1.87. The molecule has 6 nitrogen and oxygen atoms in total. The number of nitrogens with two attached hydrogens (primary N) is 1. The summed E-state index contributed by atoms with van der Waals surface area (Å²) in [5.41, 5.74) is 3.47. The number of amides is 1. The van der Waals surface area contributed by atoms with E-state index in [1.165, 1.54) is 6.92 Å². The van der Waals surface area contributed by atoms with Crippen LogP contribution >= 0.6 is 0 Å². The number of aromatic nitrogens is 1. The predicted molar refractivity (Wildman–Crippen MR) is 49.1 cm³/mol. The standard InChI is InChI=1S/C8H7F2N3O3/c1-3-2-4(13(15)16)12-6(7(9)10)5(3)8(11)14/h2,7H,1H3,(H2,11,14). The second-order valence-corrected chi connectivity index (χ2v) is 2.98. The second kappa shape index (κ2) is 4.17. The van der Waals surface area contributed by atoms with E-state index in [-0.39, 0.29) is 5.56 Å². The molecule has 1 aromatic heterocycles. The Morgan fingerprint density at radius 1 is 1.62 bits per heavy atom. The highest BCUT2D eigenvalue weighted by Gasteiger charge is 2.28. The zero-order chi connectivity index (χ0) is 12.5. The summed E-state index contributed by atoms with van der Waals surface area (Å²) in [5.74, 6) is -1.83. The first-order valence-electron chi connectivity index (χ1n) is 4.08. The molecule has 0 unspecified atom stereocenters. The van der Waals surface area contributed by atoms with E-state index in [1.54, 1.807) is 0 Å². The Hall–Kier alpha value is -2.12. The monoisotopic (exact) mass is 231 g/mol. The van der Waals surface area contributed by atoms with Crippen molar-refractivity contribution in [1.29, 1.82) is 0 Å². The van der Waals surface area contributed by atoms with Crippen molar-refractivity contribution < 1.29 is 18.5 Å². The Morgan fingerprint density at radius 2 is 2.19 bits per heavy atom. The topological polar surface area (TPSA) is 99.1 Å². The summed E-state index contributed by atoms with van der Waals surface area (Å²) in [5, 5.41) is 10.4. The lowest BCUT2D eigenvalue weighted by Gasteiger charge is -2.04. The number of carbonyl (C=O) groups excluding carboxylic acids is 1. The minimum Gasteiger partial charge on any atom is -0.365 e. The zero-order valence-corrected chi connectivity index (χ0v) is 8.11. The minimum absolute atomic E-state index is 0.00417. The Bertz CT molecular complexity index is 462. The van der Waals surface area contributed by atoms with E-state index in [9.17, 15) is 23.7 Å². The summed E-state index contributed by atoms with van der Waals surface area (Å²) in [6.07, 6.45) is -3.10. The van der Waals surface area contributed by atoms with Crippen LogP contribution < -0.4 is 5.73 Å². The van der Waals surface area contributed by atoms with Crippen molar-refractivity contribution in [2.45, 2.75) is 13.3 Å². The van der Waals surface area contributed by atoms with Crippen LogP contribution in [-0.2, 0) is 0 Å². The molecule has 0 bridgehead atoms. The van der Waals surface area contributed by atoms with Crippen molar-refractivity contribution in [2.24, 2.45) is 5.73 Å². The van der Waals surface area contributed by atoms with Gasteiger partial charge in [0.05, 0.1) is 5.56 Å².